The van der Waals surface area contributed by atoms with Crippen molar-refractivity contribution < 1.29 is 28.8 Å². The molecule has 2 heterocycles. The summed E-state index contributed by atoms with van der Waals surface area (Å²) in [4.78, 5) is 14.3. The fourth-order valence-corrected chi connectivity index (χ4v) is 3.62. The number of rotatable bonds is 4. The molecule has 1 aromatic rings. The molecule has 7 heteroatoms. The maximum atomic E-state index is 12.8. The van der Waals surface area contributed by atoms with Crippen LogP contribution in [0.4, 0.5) is 4.79 Å². The van der Waals surface area contributed by atoms with E-state index in [4.69, 9.17) is 18.9 Å². The van der Waals surface area contributed by atoms with Gasteiger partial charge >= 0.3 is 6.09 Å². The number of piperidine rings is 1. The predicted octanol–water partition coefficient (Wildman–Crippen LogP) is 2.70. The SMILES string of the molecule is CC(C)(C)OC(=O)N1C[C@H](O)[C@@H]2OC(C)(C)O[C@@H]2[C@@H]1COCc1ccccc1. The first kappa shape index (κ1) is 21.0. The Kier molecular flexibility index (Phi) is 6.00. The summed E-state index contributed by atoms with van der Waals surface area (Å²) in [6, 6.07) is 9.40. The van der Waals surface area contributed by atoms with Crippen LogP contribution in [-0.4, -0.2) is 65.0 Å². The third-order valence-electron chi connectivity index (χ3n) is 4.73. The summed E-state index contributed by atoms with van der Waals surface area (Å²) in [6.07, 6.45) is -2.36. The summed E-state index contributed by atoms with van der Waals surface area (Å²) in [5, 5.41) is 10.6. The summed E-state index contributed by atoms with van der Waals surface area (Å²) < 4.78 is 23.4. The molecule has 1 N–H and O–H groups in total. The normalized spacial score (nSPS) is 29.4. The van der Waals surface area contributed by atoms with Crippen molar-refractivity contribution in [1.29, 1.82) is 0 Å². The second kappa shape index (κ2) is 7.99. The van der Waals surface area contributed by atoms with E-state index in [-0.39, 0.29) is 13.2 Å². The van der Waals surface area contributed by atoms with Crippen LogP contribution in [0.1, 0.15) is 40.2 Å². The second-order valence-electron chi connectivity index (χ2n) is 8.83. The zero-order chi connectivity index (χ0) is 20.5. The Morgan fingerprint density at radius 2 is 1.86 bits per heavy atom. The van der Waals surface area contributed by atoms with Gasteiger partial charge in [-0.3, -0.25) is 4.90 Å². The number of likely N-dealkylation sites (tertiary alicyclic amines) is 1. The molecule has 0 aliphatic carbocycles. The average Bonchev–Trinajstić information content (AvgIpc) is 2.92. The minimum Gasteiger partial charge on any atom is -0.444 e. The van der Waals surface area contributed by atoms with E-state index in [2.05, 4.69) is 0 Å². The van der Waals surface area contributed by atoms with Crippen LogP contribution in [-0.2, 0) is 25.6 Å². The molecule has 7 nitrogen and oxygen atoms in total. The quantitative estimate of drug-likeness (QED) is 0.848. The number of hydrogen-bond donors (Lipinski definition) is 1. The summed E-state index contributed by atoms with van der Waals surface area (Å²) in [7, 11) is 0. The van der Waals surface area contributed by atoms with Crippen LogP contribution in [0.2, 0.25) is 0 Å². The van der Waals surface area contributed by atoms with Gasteiger partial charge in [0.2, 0.25) is 0 Å². The molecule has 2 aliphatic heterocycles. The molecule has 156 valence electrons. The van der Waals surface area contributed by atoms with Crippen molar-refractivity contribution in [3.8, 4) is 0 Å². The van der Waals surface area contributed by atoms with Gasteiger partial charge in [0.1, 0.15) is 23.9 Å². The van der Waals surface area contributed by atoms with Gasteiger partial charge in [-0.2, -0.15) is 0 Å². The number of aliphatic hydroxyl groups excluding tert-OH is 1. The first-order chi connectivity index (χ1) is 13.1. The zero-order valence-corrected chi connectivity index (χ0v) is 17.3. The summed E-state index contributed by atoms with van der Waals surface area (Å²) in [6.45, 7) is 9.82. The van der Waals surface area contributed by atoms with Gasteiger partial charge in [0.05, 0.1) is 25.8 Å². The fourth-order valence-electron chi connectivity index (χ4n) is 3.62. The Bertz CT molecular complexity index is 671. The largest absolute Gasteiger partial charge is 0.444 e. The van der Waals surface area contributed by atoms with E-state index in [0.717, 1.165) is 5.56 Å². The number of aliphatic hydroxyl groups is 1. The number of benzene rings is 1. The standard InChI is InChI=1S/C21H31NO6/c1-20(2,3)28-19(24)22-11-16(23)18-17(26-21(4,5)27-18)15(22)13-25-12-14-9-7-6-8-10-14/h6-10,15-18,23H,11-13H2,1-5H3/t15-,16-,17+,18-/m0/s1. The highest BCUT2D eigenvalue weighted by Gasteiger charge is 2.54. The Morgan fingerprint density at radius 3 is 2.50 bits per heavy atom. The molecule has 1 aromatic carbocycles. The molecule has 0 unspecified atom stereocenters. The number of ether oxygens (including phenoxy) is 4. The maximum Gasteiger partial charge on any atom is 0.410 e. The lowest BCUT2D eigenvalue weighted by Crippen LogP contribution is -2.63. The fraction of sp³-hybridized carbons (Fsp3) is 0.667. The van der Waals surface area contributed by atoms with Crippen molar-refractivity contribution in [3.63, 3.8) is 0 Å². The van der Waals surface area contributed by atoms with Gasteiger partial charge in [-0.05, 0) is 40.2 Å². The number of nitrogens with zero attached hydrogens (tertiary/aromatic N) is 1. The van der Waals surface area contributed by atoms with E-state index in [9.17, 15) is 9.90 Å². The Balaban J connectivity index is 1.75. The molecule has 28 heavy (non-hydrogen) atoms. The van der Waals surface area contributed by atoms with E-state index in [0.29, 0.717) is 6.61 Å². The third-order valence-corrected chi connectivity index (χ3v) is 4.73. The van der Waals surface area contributed by atoms with E-state index in [1.165, 1.54) is 4.90 Å². The first-order valence-corrected chi connectivity index (χ1v) is 9.71. The van der Waals surface area contributed by atoms with E-state index in [1.54, 1.807) is 13.8 Å². The molecule has 2 aliphatic rings. The van der Waals surface area contributed by atoms with Gasteiger partial charge in [0.15, 0.2) is 5.79 Å². The van der Waals surface area contributed by atoms with Crippen LogP contribution < -0.4 is 0 Å². The predicted molar refractivity (Wildman–Crippen MR) is 103 cm³/mol. The van der Waals surface area contributed by atoms with E-state index >= 15 is 0 Å². The van der Waals surface area contributed by atoms with Gasteiger partial charge in [-0.15, -0.1) is 0 Å². The molecule has 1 amide bonds. The highest BCUT2D eigenvalue weighted by atomic mass is 16.8. The van der Waals surface area contributed by atoms with Crippen molar-refractivity contribution >= 4 is 6.09 Å². The molecule has 0 radical (unpaired) electrons. The van der Waals surface area contributed by atoms with Crippen LogP contribution in [0.5, 0.6) is 0 Å². The maximum absolute atomic E-state index is 12.8. The third kappa shape index (κ3) is 5.03. The van der Waals surface area contributed by atoms with Crippen LogP contribution in [0.25, 0.3) is 0 Å². The number of carbonyl (C=O) groups excluding carboxylic acids is 1. The lowest BCUT2D eigenvalue weighted by Gasteiger charge is -2.43. The van der Waals surface area contributed by atoms with Crippen molar-refractivity contribution in [2.24, 2.45) is 0 Å². The van der Waals surface area contributed by atoms with Gasteiger partial charge in [-0.25, -0.2) is 4.79 Å². The molecule has 3 rings (SSSR count). The summed E-state index contributed by atoms with van der Waals surface area (Å²) >= 11 is 0. The smallest absolute Gasteiger partial charge is 0.410 e. The van der Waals surface area contributed by atoms with Crippen molar-refractivity contribution in [2.45, 2.75) is 77.0 Å². The Labute approximate surface area is 166 Å². The number of hydrogen-bond acceptors (Lipinski definition) is 6. The number of β-amino-alcohol motifs (C(OH)–C–C–N with tert-alkyl or cyclic N) is 1. The van der Waals surface area contributed by atoms with Gasteiger partial charge < -0.3 is 24.1 Å². The molecular formula is C21H31NO6. The van der Waals surface area contributed by atoms with Gasteiger partial charge in [0.25, 0.3) is 0 Å². The topological polar surface area (TPSA) is 77.5 Å². The van der Waals surface area contributed by atoms with Crippen LogP contribution >= 0.6 is 0 Å². The zero-order valence-electron chi connectivity index (χ0n) is 17.3. The molecule has 0 aromatic heterocycles. The highest BCUT2D eigenvalue weighted by molar-refractivity contribution is 5.69. The lowest BCUT2D eigenvalue weighted by molar-refractivity contribution is -0.154. The minimum absolute atomic E-state index is 0.106. The van der Waals surface area contributed by atoms with Crippen LogP contribution in [0.15, 0.2) is 30.3 Å². The average molecular weight is 393 g/mol. The molecule has 2 fully saturated rings. The van der Waals surface area contributed by atoms with Crippen molar-refractivity contribution in [1.82, 2.24) is 4.90 Å². The molecule has 4 atom stereocenters. The Morgan fingerprint density at radius 1 is 1.21 bits per heavy atom. The molecule has 0 bridgehead atoms. The van der Waals surface area contributed by atoms with E-state index in [1.807, 2.05) is 51.1 Å². The van der Waals surface area contributed by atoms with Crippen molar-refractivity contribution in [3.05, 3.63) is 35.9 Å². The highest BCUT2D eigenvalue weighted by Crippen LogP contribution is 2.37. The van der Waals surface area contributed by atoms with Gasteiger partial charge in [-0.1, -0.05) is 30.3 Å². The molecule has 0 saturated carbocycles. The van der Waals surface area contributed by atoms with Crippen LogP contribution in [0.3, 0.4) is 0 Å². The number of carbonyl (C=O) groups is 1. The minimum atomic E-state index is -0.857. The molecule has 0 spiro atoms. The van der Waals surface area contributed by atoms with E-state index < -0.39 is 41.8 Å². The van der Waals surface area contributed by atoms with Crippen LogP contribution in [0, 0.1) is 0 Å². The monoisotopic (exact) mass is 393 g/mol. The van der Waals surface area contributed by atoms with Crippen molar-refractivity contribution in [2.75, 3.05) is 13.2 Å². The second-order valence-corrected chi connectivity index (χ2v) is 8.83. The number of fused-ring (bicyclic) bond motifs is 1. The first-order valence-electron chi connectivity index (χ1n) is 9.71. The summed E-state index contributed by atoms with van der Waals surface area (Å²) in [5.41, 5.74) is 0.406. The lowest BCUT2D eigenvalue weighted by atomic mass is 9.94. The van der Waals surface area contributed by atoms with Gasteiger partial charge in [0, 0.05) is 0 Å². The number of amides is 1. The molecular weight excluding hydrogens is 362 g/mol. The Hall–Kier alpha value is -1.67. The molecule has 2 saturated heterocycles. The summed E-state index contributed by atoms with van der Waals surface area (Å²) in [5.74, 6) is -0.835.